The van der Waals surface area contributed by atoms with Gasteiger partial charge in [-0.1, -0.05) is 5.16 Å². The van der Waals surface area contributed by atoms with Gasteiger partial charge in [0.1, 0.15) is 0 Å². The highest BCUT2D eigenvalue weighted by Crippen LogP contribution is 2.17. The van der Waals surface area contributed by atoms with Crippen LogP contribution in [0.3, 0.4) is 0 Å². The summed E-state index contributed by atoms with van der Waals surface area (Å²) in [5.74, 6) is 0.238. The van der Waals surface area contributed by atoms with Crippen molar-refractivity contribution < 1.29 is 9.94 Å². The Balaban J connectivity index is 2.42. The van der Waals surface area contributed by atoms with E-state index in [1.54, 1.807) is 0 Å². The van der Waals surface area contributed by atoms with Crippen molar-refractivity contribution in [2.75, 3.05) is 20.2 Å². The van der Waals surface area contributed by atoms with E-state index in [1.807, 2.05) is 18.9 Å². The average Bonchev–Trinajstić information content (AvgIpc) is 2.51. The van der Waals surface area contributed by atoms with Crippen LogP contribution in [-0.4, -0.2) is 48.3 Å². The van der Waals surface area contributed by atoms with Crippen molar-refractivity contribution in [3.8, 4) is 0 Å². The zero-order chi connectivity index (χ0) is 9.84. The van der Waals surface area contributed by atoms with Crippen LogP contribution in [0.1, 0.15) is 13.3 Å². The molecule has 0 saturated carbocycles. The van der Waals surface area contributed by atoms with E-state index in [2.05, 4.69) is 5.16 Å². The number of hydrogen-bond donors (Lipinski definition) is 2. The standard InChI is InChI=1S/C8H17N3O2/c1-6-7(3-4-13-6)11(2)5-8(9)10-12/h6-7,12H,3-5H2,1-2H3,(H2,9,10). The zero-order valence-corrected chi connectivity index (χ0v) is 8.10. The number of oxime groups is 1. The molecule has 1 aliphatic rings. The number of rotatable bonds is 3. The van der Waals surface area contributed by atoms with E-state index >= 15 is 0 Å². The van der Waals surface area contributed by atoms with Crippen LogP contribution in [0.25, 0.3) is 0 Å². The summed E-state index contributed by atoms with van der Waals surface area (Å²) in [6, 6.07) is 0.375. The second-order valence-corrected chi connectivity index (χ2v) is 3.44. The highest BCUT2D eigenvalue weighted by molar-refractivity contribution is 5.81. The molecule has 1 heterocycles. The summed E-state index contributed by atoms with van der Waals surface area (Å²) in [5, 5.41) is 11.3. The van der Waals surface area contributed by atoms with E-state index in [-0.39, 0.29) is 11.9 Å². The van der Waals surface area contributed by atoms with Crippen molar-refractivity contribution in [2.24, 2.45) is 10.9 Å². The Morgan fingerprint density at radius 2 is 2.46 bits per heavy atom. The lowest BCUT2D eigenvalue weighted by atomic mass is 10.1. The Morgan fingerprint density at radius 1 is 1.77 bits per heavy atom. The Kier molecular flexibility index (Phi) is 3.50. The molecule has 1 aliphatic heterocycles. The van der Waals surface area contributed by atoms with E-state index in [1.165, 1.54) is 0 Å². The molecule has 1 rings (SSSR count). The number of ether oxygens (including phenoxy) is 1. The molecule has 0 aliphatic carbocycles. The molecule has 76 valence electrons. The lowest BCUT2D eigenvalue weighted by Gasteiger charge is -2.25. The highest BCUT2D eigenvalue weighted by Gasteiger charge is 2.27. The minimum Gasteiger partial charge on any atom is -0.409 e. The molecule has 1 fully saturated rings. The third kappa shape index (κ3) is 2.57. The van der Waals surface area contributed by atoms with Crippen LogP contribution in [0.5, 0.6) is 0 Å². The maximum Gasteiger partial charge on any atom is 0.153 e. The van der Waals surface area contributed by atoms with Crippen LogP contribution in [0.2, 0.25) is 0 Å². The van der Waals surface area contributed by atoms with Gasteiger partial charge in [-0.3, -0.25) is 4.90 Å². The first-order valence-corrected chi connectivity index (χ1v) is 4.43. The summed E-state index contributed by atoms with van der Waals surface area (Å²) in [4.78, 5) is 2.05. The molecule has 0 aromatic heterocycles. The lowest BCUT2D eigenvalue weighted by Crippen LogP contribution is -2.41. The van der Waals surface area contributed by atoms with E-state index in [9.17, 15) is 0 Å². The largest absolute Gasteiger partial charge is 0.409 e. The third-order valence-corrected chi connectivity index (χ3v) is 2.44. The maximum absolute atomic E-state index is 8.40. The molecule has 0 radical (unpaired) electrons. The second-order valence-electron chi connectivity index (χ2n) is 3.44. The van der Waals surface area contributed by atoms with Crippen LogP contribution in [-0.2, 0) is 4.74 Å². The minimum atomic E-state index is 0.233. The summed E-state index contributed by atoms with van der Waals surface area (Å²) in [5.41, 5.74) is 5.40. The predicted octanol–water partition coefficient (Wildman–Crippen LogP) is -0.158. The predicted molar refractivity (Wildman–Crippen MR) is 49.9 cm³/mol. The van der Waals surface area contributed by atoms with Crippen molar-refractivity contribution in [3.05, 3.63) is 0 Å². The molecule has 0 aromatic carbocycles. The summed E-state index contributed by atoms with van der Waals surface area (Å²) >= 11 is 0. The molecule has 0 amide bonds. The number of amidine groups is 1. The van der Waals surface area contributed by atoms with Crippen LogP contribution in [0.15, 0.2) is 5.16 Å². The van der Waals surface area contributed by atoms with Gasteiger partial charge in [0, 0.05) is 12.6 Å². The van der Waals surface area contributed by atoms with Gasteiger partial charge in [0.25, 0.3) is 0 Å². The van der Waals surface area contributed by atoms with Gasteiger partial charge >= 0.3 is 0 Å². The fourth-order valence-corrected chi connectivity index (χ4v) is 1.70. The smallest absolute Gasteiger partial charge is 0.153 e. The first kappa shape index (κ1) is 10.3. The summed E-state index contributed by atoms with van der Waals surface area (Å²) in [7, 11) is 1.95. The van der Waals surface area contributed by atoms with Crippen molar-refractivity contribution in [1.82, 2.24) is 4.90 Å². The lowest BCUT2D eigenvalue weighted by molar-refractivity contribution is 0.0881. The Hall–Kier alpha value is -0.810. The van der Waals surface area contributed by atoms with Crippen molar-refractivity contribution >= 4 is 5.84 Å². The molecule has 1 saturated heterocycles. The molecule has 2 atom stereocenters. The third-order valence-electron chi connectivity index (χ3n) is 2.44. The van der Waals surface area contributed by atoms with Crippen molar-refractivity contribution in [3.63, 3.8) is 0 Å². The van der Waals surface area contributed by atoms with Gasteiger partial charge in [0.2, 0.25) is 0 Å². The van der Waals surface area contributed by atoms with Gasteiger partial charge in [-0.15, -0.1) is 0 Å². The van der Waals surface area contributed by atoms with Gasteiger partial charge in [-0.05, 0) is 20.4 Å². The van der Waals surface area contributed by atoms with Gasteiger partial charge in [0.05, 0.1) is 12.6 Å². The molecule has 0 spiro atoms. The maximum atomic E-state index is 8.40. The Morgan fingerprint density at radius 3 is 2.92 bits per heavy atom. The van der Waals surface area contributed by atoms with E-state index in [4.69, 9.17) is 15.7 Å². The second kappa shape index (κ2) is 4.43. The van der Waals surface area contributed by atoms with Crippen LogP contribution in [0.4, 0.5) is 0 Å². The van der Waals surface area contributed by atoms with Gasteiger partial charge in [-0.2, -0.15) is 0 Å². The van der Waals surface area contributed by atoms with Gasteiger partial charge < -0.3 is 15.7 Å². The molecule has 5 heteroatoms. The van der Waals surface area contributed by atoms with E-state index in [0.29, 0.717) is 12.6 Å². The fourth-order valence-electron chi connectivity index (χ4n) is 1.70. The van der Waals surface area contributed by atoms with Crippen LogP contribution >= 0.6 is 0 Å². The van der Waals surface area contributed by atoms with E-state index < -0.39 is 0 Å². The molecular formula is C8H17N3O2. The normalized spacial score (nSPS) is 29.9. The van der Waals surface area contributed by atoms with Crippen LogP contribution in [0, 0.1) is 0 Å². The number of nitrogens with zero attached hydrogens (tertiary/aromatic N) is 2. The number of nitrogens with two attached hydrogens (primary N) is 1. The first-order valence-electron chi connectivity index (χ1n) is 4.43. The first-order chi connectivity index (χ1) is 6.15. The minimum absolute atomic E-state index is 0.233. The monoisotopic (exact) mass is 187 g/mol. The molecule has 0 aromatic rings. The average molecular weight is 187 g/mol. The molecule has 2 unspecified atom stereocenters. The fraction of sp³-hybridized carbons (Fsp3) is 0.875. The highest BCUT2D eigenvalue weighted by atomic mass is 16.5. The topological polar surface area (TPSA) is 71.1 Å². The molecule has 3 N–H and O–H groups in total. The Labute approximate surface area is 78.1 Å². The van der Waals surface area contributed by atoms with Gasteiger partial charge in [-0.25, -0.2) is 0 Å². The zero-order valence-electron chi connectivity index (χ0n) is 8.10. The summed E-state index contributed by atoms with van der Waals surface area (Å²) in [6.07, 6.45) is 1.24. The molecule has 5 nitrogen and oxygen atoms in total. The van der Waals surface area contributed by atoms with E-state index in [0.717, 1.165) is 13.0 Å². The molecular weight excluding hydrogens is 170 g/mol. The summed E-state index contributed by atoms with van der Waals surface area (Å²) in [6.45, 7) is 3.32. The molecule has 0 bridgehead atoms. The number of hydrogen-bond acceptors (Lipinski definition) is 4. The van der Waals surface area contributed by atoms with Crippen molar-refractivity contribution in [1.29, 1.82) is 0 Å². The Bertz CT molecular complexity index is 196. The SMILES string of the molecule is CC1OCCC1N(C)CC(N)=NO. The van der Waals surface area contributed by atoms with Gasteiger partial charge in [0.15, 0.2) is 5.84 Å². The van der Waals surface area contributed by atoms with Crippen LogP contribution < -0.4 is 5.73 Å². The quantitative estimate of drug-likeness (QED) is 0.279. The molecule has 13 heavy (non-hydrogen) atoms. The number of likely N-dealkylation sites (N-methyl/N-ethyl adjacent to an activating group) is 1. The summed E-state index contributed by atoms with van der Waals surface area (Å²) < 4.78 is 5.42. The van der Waals surface area contributed by atoms with Crippen molar-refractivity contribution in [2.45, 2.75) is 25.5 Å².